The van der Waals surface area contributed by atoms with Crippen molar-refractivity contribution in [3.8, 4) is 0 Å². The molecular weight excluding hydrogens is 256 g/mol. The number of hydrazone groups is 1. The van der Waals surface area contributed by atoms with Crippen LogP contribution in [0.4, 0.5) is 0 Å². The molecule has 0 saturated heterocycles. The number of hydrogen-bond acceptors (Lipinski definition) is 3. The number of hydrogen-bond donors (Lipinski definition) is 0. The molecular formula is C6H9Cl4N3. The van der Waals surface area contributed by atoms with Crippen molar-refractivity contribution in [1.82, 2.24) is 9.91 Å². The van der Waals surface area contributed by atoms with Crippen molar-refractivity contribution in [3.63, 3.8) is 0 Å². The van der Waals surface area contributed by atoms with Gasteiger partial charge in [0.25, 0.3) is 3.92 Å². The van der Waals surface area contributed by atoms with Crippen LogP contribution < -0.4 is 0 Å². The van der Waals surface area contributed by atoms with E-state index in [1.54, 1.807) is 5.01 Å². The zero-order valence-corrected chi connectivity index (χ0v) is 9.95. The number of alkyl halides is 4. The normalized spacial score (nSPS) is 23.0. The Hall–Kier alpha value is 0.430. The molecule has 3 nitrogen and oxygen atoms in total. The summed E-state index contributed by atoms with van der Waals surface area (Å²) >= 11 is 22.9. The van der Waals surface area contributed by atoms with Crippen LogP contribution in [0.15, 0.2) is 5.10 Å². The molecule has 76 valence electrons. The maximum absolute atomic E-state index is 5.98. The summed E-state index contributed by atoms with van der Waals surface area (Å²) in [5.41, 5.74) is -0.521. The van der Waals surface area contributed by atoms with Gasteiger partial charge in [0.1, 0.15) is 6.34 Å². The fraction of sp³-hybridized carbons (Fsp3) is 0.833. The largest absolute Gasteiger partial charge is 0.281 e. The number of rotatable bonds is 2. The number of nitrogens with zero attached hydrogens (tertiary/aromatic N) is 3. The monoisotopic (exact) mass is 263 g/mol. The summed E-state index contributed by atoms with van der Waals surface area (Å²) in [5.74, 6) is 0. The lowest BCUT2D eigenvalue weighted by molar-refractivity contribution is 0.198. The topological polar surface area (TPSA) is 18.8 Å². The molecule has 0 spiro atoms. The van der Waals surface area contributed by atoms with Gasteiger partial charge in [-0.2, -0.15) is 5.10 Å². The zero-order chi connectivity index (χ0) is 10.1. The van der Waals surface area contributed by atoms with E-state index < -0.39 is 9.54 Å². The van der Waals surface area contributed by atoms with E-state index in [9.17, 15) is 0 Å². The highest BCUT2D eigenvalue weighted by molar-refractivity contribution is 6.67. The third-order valence-corrected chi connectivity index (χ3v) is 2.57. The molecule has 0 aromatic heterocycles. The molecule has 0 aliphatic carbocycles. The van der Waals surface area contributed by atoms with Gasteiger partial charge in [-0.25, -0.2) is 0 Å². The van der Waals surface area contributed by atoms with Crippen molar-refractivity contribution < 1.29 is 0 Å². The van der Waals surface area contributed by atoms with Gasteiger partial charge < -0.3 is 0 Å². The van der Waals surface area contributed by atoms with Gasteiger partial charge in [0.05, 0.1) is 0 Å². The second kappa shape index (κ2) is 4.30. The summed E-state index contributed by atoms with van der Waals surface area (Å²) in [6, 6.07) is 0. The van der Waals surface area contributed by atoms with Crippen molar-refractivity contribution in [2.24, 2.45) is 5.10 Å². The summed E-state index contributed by atoms with van der Waals surface area (Å²) in [4.78, 5) is 1.36. The van der Waals surface area contributed by atoms with Gasteiger partial charge in [-0.15, -0.1) is 0 Å². The first-order valence-electron chi connectivity index (χ1n) is 3.76. The minimum atomic E-state index is -1.54. The maximum atomic E-state index is 5.98. The molecule has 0 aromatic carbocycles. The lowest BCUT2D eigenvalue weighted by Crippen LogP contribution is -2.42. The SMILES string of the molecule is CCCN1N=CN(C(Cl)(Cl)Cl)C1Cl. The summed E-state index contributed by atoms with van der Waals surface area (Å²) in [7, 11) is 0. The molecule has 0 radical (unpaired) electrons. The van der Waals surface area contributed by atoms with Crippen LogP contribution >= 0.6 is 46.4 Å². The molecule has 1 aliphatic rings. The second-order valence-electron chi connectivity index (χ2n) is 2.58. The van der Waals surface area contributed by atoms with Crippen LogP contribution in [0, 0.1) is 0 Å². The Balaban J connectivity index is 2.61. The van der Waals surface area contributed by atoms with Crippen molar-refractivity contribution in [1.29, 1.82) is 0 Å². The predicted molar refractivity (Wildman–Crippen MR) is 57.3 cm³/mol. The summed E-state index contributed by atoms with van der Waals surface area (Å²) in [5, 5.41) is 5.66. The highest BCUT2D eigenvalue weighted by Crippen LogP contribution is 2.35. The number of halogens is 4. The van der Waals surface area contributed by atoms with E-state index in [1.165, 1.54) is 11.2 Å². The standard InChI is InChI=1S/C6H9Cl4N3/c1-2-3-13-5(7)12(4-11-13)6(8,9)10/h4-5H,2-3H2,1H3. The molecule has 1 atom stereocenters. The van der Waals surface area contributed by atoms with Gasteiger partial charge in [0.2, 0.25) is 0 Å². The quantitative estimate of drug-likeness (QED) is 0.564. The van der Waals surface area contributed by atoms with Crippen LogP contribution in [-0.4, -0.2) is 32.3 Å². The van der Waals surface area contributed by atoms with E-state index in [4.69, 9.17) is 46.4 Å². The Bertz CT molecular complexity index is 203. The third kappa shape index (κ3) is 2.69. The van der Waals surface area contributed by atoms with Crippen LogP contribution in [0.3, 0.4) is 0 Å². The summed E-state index contributed by atoms with van der Waals surface area (Å²) in [6.07, 6.45) is 2.37. The molecule has 0 saturated carbocycles. The fourth-order valence-electron chi connectivity index (χ4n) is 0.955. The highest BCUT2D eigenvalue weighted by atomic mass is 35.6. The average Bonchev–Trinajstić information content (AvgIpc) is 2.32. The molecule has 1 rings (SSSR count). The Morgan fingerprint density at radius 1 is 1.46 bits per heavy atom. The summed E-state index contributed by atoms with van der Waals surface area (Å²) < 4.78 is -1.54. The van der Waals surface area contributed by atoms with Gasteiger partial charge in [-0.1, -0.05) is 53.3 Å². The van der Waals surface area contributed by atoms with E-state index in [1.807, 2.05) is 6.92 Å². The van der Waals surface area contributed by atoms with Crippen LogP contribution in [0.5, 0.6) is 0 Å². The Labute approximate surface area is 97.2 Å². The third-order valence-electron chi connectivity index (χ3n) is 1.55. The Morgan fingerprint density at radius 3 is 2.46 bits per heavy atom. The molecule has 0 amide bonds. The predicted octanol–water partition coefficient (Wildman–Crippen LogP) is 2.81. The van der Waals surface area contributed by atoms with Crippen molar-refractivity contribution in [3.05, 3.63) is 0 Å². The zero-order valence-electron chi connectivity index (χ0n) is 6.92. The summed E-state index contributed by atoms with van der Waals surface area (Å²) in [6.45, 7) is 2.76. The molecule has 13 heavy (non-hydrogen) atoms. The minimum Gasteiger partial charge on any atom is -0.281 e. The smallest absolute Gasteiger partial charge is 0.271 e. The molecule has 1 aliphatic heterocycles. The molecule has 1 unspecified atom stereocenters. The molecule has 0 N–H and O–H groups in total. The van der Waals surface area contributed by atoms with E-state index in [2.05, 4.69) is 5.10 Å². The second-order valence-corrected chi connectivity index (χ2v) is 5.19. The van der Waals surface area contributed by atoms with Gasteiger partial charge in [0, 0.05) is 6.54 Å². The van der Waals surface area contributed by atoms with E-state index in [0.717, 1.165) is 13.0 Å². The first-order chi connectivity index (χ1) is 5.96. The van der Waals surface area contributed by atoms with Crippen LogP contribution in [-0.2, 0) is 0 Å². The highest BCUT2D eigenvalue weighted by Gasteiger charge is 2.38. The Kier molecular flexibility index (Phi) is 3.81. The Morgan fingerprint density at radius 2 is 2.08 bits per heavy atom. The van der Waals surface area contributed by atoms with Gasteiger partial charge in [-0.05, 0) is 6.42 Å². The lowest BCUT2D eigenvalue weighted by atomic mass is 10.5. The lowest BCUT2D eigenvalue weighted by Gasteiger charge is -2.29. The minimum absolute atomic E-state index is 0.521. The first-order valence-corrected chi connectivity index (χ1v) is 5.34. The fourth-order valence-corrected chi connectivity index (χ4v) is 1.86. The van der Waals surface area contributed by atoms with Crippen molar-refractivity contribution in [2.75, 3.05) is 6.54 Å². The van der Waals surface area contributed by atoms with Crippen molar-refractivity contribution in [2.45, 2.75) is 22.9 Å². The van der Waals surface area contributed by atoms with Gasteiger partial charge >= 0.3 is 0 Å². The average molecular weight is 265 g/mol. The van der Waals surface area contributed by atoms with Crippen LogP contribution in [0.1, 0.15) is 13.3 Å². The molecule has 1 heterocycles. The maximum Gasteiger partial charge on any atom is 0.271 e. The van der Waals surface area contributed by atoms with E-state index >= 15 is 0 Å². The molecule has 0 fully saturated rings. The van der Waals surface area contributed by atoms with Gasteiger partial charge in [0.15, 0.2) is 5.62 Å². The molecule has 0 bridgehead atoms. The van der Waals surface area contributed by atoms with E-state index in [-0.39, 0.29) is 0 Å². The van der Waals surface area contributed by atoms with E-state index in [0.29, 0.717) is 0 Å². The van der Waals surface area contributed by atoms with Crippen LogP contribution in [0.2, 0.25) is 0 Å². The van der Waals surface area contributed by atoms with Gasteiger partial charge in [-0.3, -0.25) is 9.91 Å². The molecule has 0 aromatic rings. The van der Waals surface area contributed by atoms with Crippen molar-refractivity contribution >= 4 is 52.7 Å². The molecule has 7 heteroatoms. The van der Waals surface area contributed by atoms with Crippen LogP contribution in [0.25, 0.3) is 0 Å². The first kappa shape index (κ1) is 11.5.